The van der Waals surface area contributed by atoms with E-state index in [1.54, 1.807) is 7.11 Å². The van der Waals surface area contributed by atoms with Crippen LogP contribution in [0.15, 0.2) is 18.2 Å². The minimum Gasteiger partial charge on any atom is -0.497 e. The van der Waals surface area contributed by atoms with Crippen LogP contribution in [-0.2, 0) is 11.2 Å². The summed E-state index contributed by atoms with van der Waals surface area (Å²) in [5.74, 6) is 3.55. The zero-order chi connectivity index (χ0) is 19.2. The highest BCUT2D eigenvalue weighted by molar-refractivity contribution is 5.93. The molecule has 27 heavy (non-hydrogen) atoms. The van der Waals surface area contributed by atoms with Crippen LogP contribution in [0.25, 0.3) is 0 Å². The van der Waals surface area contributed by atoms with Gasteiger partial charge in [0.05, 0.1) is 19.3 Å². The number of fused-ring (bicyclic) bond motifs is 1. The van der Waals surface area contributed by atoms with Crippen molar-refractivity contribution in [2.45, 2.75) is 70.5 Å². The molecule has 146 valence electrons. The Bertz CT molecular complexity index is 688. The smallest absolute Gasteiger partial charge is 0.299 e. The average molecular weight is 369 g/mol. The summed E-state index contributed by atoms with van der Waals surface area (Å²) in [5.41, 5.74) is 2.53. The van der Waals surface area contributed by atoms with E-state index in [0.29, 0.717) is 5.92 Å². The number of benzene rings is 1. The highest BCUT2D eigenvalue weighted by Gasteiger charge is 2.41. The molecule has 2 atom stereocenters. The molecule has 0 spiro atoms. The van der Waals surface area contributed by atoms with Crippen molar-refractivity contribution in [2.75, 3.05) is 13.7 Å². The van der Waals surface area contributed by atoms with Crippen molar-refractivity contribution in [3.05, 3.63) is 29.3 Å². The van der Waals surface area contributed by atoms with Gasteiger partial charge in [0.15, 0.2) is 0 Å². The van der Waals surface area contributed by atoms with Crippen molar-refractivity contribution in [3.8, 4) is 18.1 Å². The van der Waals surface area contributed by atoms with Crippen LogP contribution in [0.1, 0.15) is 69.0 Å². The third kappa shape index (κ3) is 4.30. The lowest BCUT2D eigenvalue weighted by atomic mass is 9.76. The van der Waals surface area contributed by atoms with E-state index in [2.05, 4.69) is 30.3 Å². The first-order valence-corrected chi connectivity index (χ1v) is 10.4. The largest absolute Gasteiger partial charge is 0.497 e. The Kier molecular flexibility index (Phi) is 6.79. The van der Waals surface area contributed by atoms with Gasteiger partial charge in [-0.2, -0.15) is 0 Å². The summed E-state index contributed by atoms with van der Waals surface area (Å²) in [4.78, 5) is 14.8. The third-order valence-corrected chi connectivity index (χ3v) is 6.08. The van der Waals surface area contributed by atoms with Crippen LogP contribution in [0.5, 0.6) is 5.75 Å². The van der Waals surface area contributed by atoms with Crippen LogP contribution >= 0.6 is 0 Å². The summed E-state index contributed by atoms with van der Waals surface area (Å²) in [6.45, 7) is 3.07. The highest BCUT2D eigenvalue weighted by Crippen LogP contribution is 2.44. The van der Waals surface area contributed by atoms with Gasteiger partial charge in [-0.25, -0.2) is 0 Å². The molecular formula is C23H32N2O2. The predicted molar refractivity (Wildman–Crippen MR) is 108 cm³/mol. The van der Waals surface area contributed by atoms with E-state index in [-0.39, 0.29) is 18.1 Å². The van der Waals surface area contributed by atoms with E-state index in [4.69, 9.17) is 11.2 Å². The minimum atomic E-state index is -0.193. The maximum Gasteiger partial charge on any atom is 0.299 e. The lowest BCUT2D eigenvalue weighted by Gasteiger charge is -2.47. The van der Waals surface area contributed by atoms with E-state index in [0.717, 1.165) is 44.4 Å². The zero-order valence-electron chi connectivity index (χ0n) is 16.7. The number of amides is 1. The molecule has 0 bridgehead atoms. The number of hydrogen-bond acceptors (Lipinski definition) is 3. The second kappa shape index (κ2) is 9.28. The Labute approximate surface area is 163 Å². The molecule has 1 fully saturated rings. The third-order valence-electron chi connectivity index (χ3n) is 6.08. The molecule has 1 saturated carbocycles. The molecule has 4 heteroatoms. The van der Waals surface area contributed by atoms with Crippen molar-refractivity contribution in [3.63, 3.8) is 0 Å². The van der Waals surface area contributed by atoms with E-state index in [1.807, 2.05) is 11.0 Å². The van der Waals surface area contributed by atoms with Crippen molar-refractivity contribution in [1.82, 2.24) is 10.2 Å². The number of terminal acetylenes is 1. The quantitative estimate of drug-likeness (QED) is 0.608. The van der Waals surface area contributed by atoms with Gasteiger partial charge in [0, 0.05) is 6.42 Å². The lowest BCUT2D eigenvalue weighted by Crippen LogP contribution is -2.55. The van der Waals surface area contributed by atoms with Crippen LogP contribution in [0.4, 0.5) is 0 Å². The van der Waals surface area contributed by atoms with Crippen molar-refractivity contribution in [1.29, 1.82) is 0 Å². The number of rotatable bonds is 6. The molecule has 1 aliphatic heterocycles. The number of unbranched alkanes of at least 4 members (excludes halogenated alkanes) is 1. The normalized spacial score (nSPS) is 22.8. The SMILES string of the molecule is C#CC(=O)N1[C@@H](NCCCC)Cc2cc(OC)ccc2[C@@H]1C1CCCCC1. The Morgan fingerprint density at radius 3 is 2.78 bits per heavy atom. The maximum atomic E-state index is 12.8. The van der Waals surface area contributed by atoms with Crippen molar-refractivity contribution in [2.24, 2.45) is 5.92 Å². The summed E-state index contributed by atoms with van der Waals surface area (Å²) in [5, 5.41) is 3.60. The van der Waals surface area contributed by atoms with Gasteiger partial charge in [-0.05, 0) is 60.9 Å². The first kappa shape index (κ1) is 19.8. The summed E-state index contributed by atoms with van der Waals surface area (Å²) >= 11 is 0. The number of ether oxygens (including phenoxy) is 1. The van der Waals surface area contributed by atoms with Gasteiger partial charge in [-0.1, -0.05) is 38.7 Å². The molecule has 1 aliphatic carbocycles. The predicted octanol–water partition coefficient (Wildman–Crippen LogP) is 4.05. The molecule has 3 rings (SSSR count). The first-order valence-electron chi connectivity index (χ1n) is 10.4. The van der Waals surface area contributed by atoms with Gasteiger partial charge < -0.3 is 9.64 Å². The molecule has 2 aliphatic rings. The molecule has 1 aromatic rings. The topological polar surface area (TPSA) is 41.6 Å². The maximum absolute atomic E-state index is 12.8. The molecule has 1 amide bonds. The molecule has 0 aromatic heterocycles. The monoisotopic (exact) mass is 368 g/mol. The Morgan fingerprint density at radius 2 is 2.11 bits per heavy atom. The van der Waals surface area contributed by atoms with Gasteiger partial charge in [0.1, 0.15) is 5.75 Å². The molecule has 0 unspecified atom stereocenters. The van der Waals surface area contributed by atoms with E-state index in [9.17, 15) is 4.79 Å². The number of hydrogen-bond donors (Lipinski definition) is 1. The molecule has 0 radical (unpaired) electrons. The van der Waals surface area contributed by atoms with Crippen LogP contribution in [-0.4, -0.2) is 30.6 Å². The molecule has 1 aromatic carbocycles. The fraction of sp³-hybridized carbons (Fsp3) is 0.609. The van der Waals surface area contributed by atoms with Crippen LogP contribution in [0, 0.1) is 18.3 Å². The number of nitrogens with zero attached hydrogens (tertiary/aromatic N) is 1. The molecule has 4 nitrogen and oxygen atoms in total. The number of carbonyl (C=O) groups is 1. The Balaban J connectivity index is 2.00. The van der Waals surface area contributed by atoms with Crippen LogP contribution in [0.3, 0.4) is 0 Å². The fourth-order valence-electron chi connectivity index (χ4n) is 4.71. The van der Waals surface area contributed by atoms with E-state index in [1.165, 1.54) is 30.4 Å². The zero-order valence-corrected chi connectivity index (χ0v) is 16.7. The van der Waals surface area contributed by atoms with Crippen LogP contribution < -0.4 is 10.1 Å². The highest BCUT2D eigenvalue weighted by atomic mass is 16.5. The van der Waals surface area contributed by atoms with Gasteiger partial charge in [-0.15, -0.1) is 6.42 Å². The van der Waals surface area contributed by atoms with E-state index >= 15 is 0 Å². The standard InChI is InChI=1S/C23H32N2O2/c1-4-6-14-24-21-16-18-15-19(27-3)12-13-20(18)23(25(21)22(26)5-2)17-10-8-7-9-11-17/h2,12-13,15,17,21,23-24H,4,6-11,14,16H2,1,3H3/t21-,23+/m1/s1. The molecule has 0 saturated heterocycles. The number of carbonyl (C=O) groups excluding carboxylic acids is 1. The van der Waals surface area contributed by atoms with Gasteiger partial charge >= 0.3 is 0 Å². The molecular weight excluding hydrogens is 336 g/mol. The van der Waals surface area contributed by atoms with Crippen LogP contribution in [0.2, 0.25) is 0 Å². The molecule has 1 heterocycles. The second-order valence-corrected chi connectivity index (χ2v) is 7.79. The van der Waals surface area contributed by atoms with Crippen molar-refractivity contribution < 1.29 is 9.53 Å². The summed E-state index contributed by atoms with van der Waals surface area (Å²) in [7, 11) is 1.70. The first-order chi connectivity index (χ1) is 13.2. The fourth-order valence-corrected chi connectivity index (χ4v) is 4.71. The molecule has 1 N–H and O–H groups in total. The number of nitrogens with one attached hydrogen (secondary N) is 1. The second-order valence-electron chi connectivity index (χ2n) is 7.79. The van der Waals surface area contributed by atoms with Gasteiger partial charge in [0.2, 0.25) is 0 Å². The van der Waals surface area contributed by atoms with Gasteiger partial charge in [0.25, 0.3) is 5.91 Å². The Morgan fingerprint density at radius 1 is 1.33 bits per heavy atom. The lowest BCUT2D eigenvalue weighted by molar-refractivity contribution is -0.133. The average Bonchev–Trinajstić information content (AvgIpc) is 2.72. The van der Waals surface area contributed by atoms with Gasteiger partial charge in [-0.3, -0.25) is 10.1 Å². The van der Waals surface area contributed by atoms with E-state index < -0.39 is 0 Å². The van der Waals surface area contributed by atoms with Crippen molar-refractivity contribution >= 4 is 5.91 Å². The Hall–Kier alpha value is -1.99. The summed E-state index contributed by atoms with van der Waals surface area (Å²) in [6, 6.07) is 6.35. The summed E-state index contributed by atoms with van der Waals surface area (Å²) in [6.07, 6.45) is 14.6. The number of methoxy groups -OCH3 is 1. The minimum absolute atomic E-state index is 0.0494. The summed E-state index contributed by atoms with van der Waals surface area (Å²) < 4.78 is 5.46.